The van der Waals surface area contributed by atoms with Crippen molar-refractivity contribution < 1.29 is 13.9 Å². The fourth-order valence-corrected chi connectivity index (χ4v) is 2.36. The van der Waals surface area contributed by atoms with Gasteiger partial charge in [-0.25, -0.2) is 9.18 Å². The lowest BCUT2D eigenvalue weighted by atomic mass is 10.1. The highest BCUT2D eigenvalue weighted by Crippen LogP contribution is 2.23. The van der Waals surface area contributed by atoms with Crippen molar-refractivity contribution in [3.05, 3.63) is 36.2 Å². The molecule has 2 rings (SSSR count). The van der Waals surface area contributed by atoms with Crippen LogP contribution in [0, 0.1) is 5.82 Å². The smallest absolute Gasteiger partial charge is 0.410 e. The molecule has 0 radical (unpaired) electrons. The van der Waals surface area contributed by atoms with Crippen LogP contribution in [-0.2, 0) is 4.74 Å². The van der Waals surface area contributed by atoms with E-state index in [4.69, 9.17) is 4.74 Å². The highest BCUT2D eigenvalue weighted by atomic mass is 19.1. The summed E-state index contributed by atoms with van der Waals surface area (Å²) in [6.07, 6.45) is 1.31. The number of nitrogens with zero attached hydrogens (tertiary/aromatic N) is 2. The van der Waals surface area contributed by atoms with Gasteiger partial charge in [-0.2, -0.15) is 0 Å². The number of benzene rings is 1. The molecule has 1 saturated heterocycles. The molecule has 0 aliphatic carbocycles. The van der Waals surface area contributed by atoms with Gasteiger partial charge in [0.1, 0.15) is 11.4 Å². The van der Waals surface area contributed by atoms with Gasteiger partial charge in [-0.1, -0.05) is 18.7 Å². The molecule has 1 aliphatic heterocycles. The van der Waals surface area contributed by atoms with Gasteiger partial charge in [0.05, 0.1) is 5.69 Å². The zero-order chi connectivity index (χ0) is 16.3. The Bertz CT molecular complexity index is 558. The highest BCUT2D eigenvalue weighted by molar-refractivity contribution is 5.68. The SMILES string of the molecule is C=Cc1ccc(N2CCN(C(=O)OC(C)(C)C)CC2)c(F)c1. The van der Waals surface area contributed by atoms with E-state index in [-0.39, 0.29) is 11.9 Å². The summed E-state index contributed by atoms with van der Waals surface area (Å²) in [6, 6.07) is 5.07. The van der Waals surface area contributed by atoms with E-state index in [2.05, 4.69) is 6.58 Å². The Hall–Kier alpha value is -2.04. The topological polar surface area (TPSA) is 32.8 Å². The van der Waals surface area contributed by atoms with Crippen molar-refractivity contribution in [1.29, 1.82) is 0 Å². The zero-order valence-electron chi connectivity index (χ0n) is 13.4. The van der Waals surface area contributed by atoms with Crippen LogP contribution in [0.1, 0.15) is 26.3 Å². The maximum Gasteiger partial charge on any atom is 0.410 e. The molecule has 1 amide bonds. The lowest BCUT2D eigenvalue weighted by molar-refractivity contribution is 0.0240. The van der Waals surface area contributed by atoms with Crippen LogP contribution in [0.4, 0.5) is 14.9 Å². The predicted octanol–water partition coefficient (Wildman–Crippen LogP) is 3.53. The van der Waals surface area contributed by atoms with Crippen LogP contribution in [-0.4, -0.2) is 42.8 Å². The number of anilines is 1. The Labute approximate surface area is 131 Å². The molecular formula is C17H23FN2O2. The number of rotatable bonds is 2. The van der Waals surface area contributed by atoms with E-state index in [0.29, 0.717) is 31.9 Å². The summed E-state index contributed by atoms with van der Waals surface area (Å²) in [5, 5.41) is 0. The molecule has 1 aromatic carbocycles. The molecule has 0 bridgehead atoms. The lowest BCUT2D eigenvalue weighted by Gasteiger charge is -2.36. The molecule has 0 atom stereocenters. The Balaban J connectivity index is 1.97. The van der Waals surface area contributed by atoms with Crippen molar-refractivity contribution in [3.8, 4) is 0 Å². The molecule has 0 spiro atoms. The highest BCUT2D eigenvalue weighted by Gasteiger charge is 2.26. The summed E-state index contributed by atoms with van der Waals surface area (Å²) >= 11 is 0. The Morgan fingerprint density at radius 3 is 2.41 bits per heavy atom. The number of carbonyl (C=O) groups is 1. The van der Waals surface area contributed by atoms with Crippen LogP contribution in [0.2, 0.25) is 0 Å². The average molecular weight is 306 g/mol. The molecule has 4 nitrogen and oxygen atoms in total. The summed E-state index contributed by atoms with van der Waals surface area (Å²) in [7, 11) is 0. The van der Waals surface area contributed by atoms with Gasteiger partial charge in [-0.3, -0.25) is 0 Å². The first-order valence-electron chi connectivity index (χ1n) is 7.45. The first-order valence-corrected chi connectivity index (χ1v) is 7.45. The normalized spacial score (nSPS) is 15.6. The average Bonchev–Trinajstić information content (AvgIpc) is 2.45. The quantitative estimate of drug-likeness (QED) is 0.838. The summed E-state index contributed by atoms with van der Waals surface area (Å²) in [4.78, 5) is 15.6. The summed E-state index contributed by atoms with van der Waals surface area (Å²) < 4.78 is 19.5. The Morgan fingerprint density at radius 2 is 1.91 bits per heavy atom. The molecule has 1 fully saturated rings. The molecule has 120 valence electrons. The minimum absolute atomic E-state index is 0.261. The summed E-state index contributed by atoms with van der Waals surface area (Å²) in [6.45, 7) is 11.4. The third-order valence-corrected chi connectivity index (χ3v) is 3.48. The van der Waals surface area contributed by atoms with Crippen LogP contribution in [0.25, 0.3) is 6.08 Å². The van der Waals surface area contributed by atoms with Gasteiger partial charge in [-0.05, 0) is 38.5 Å². The fourth-order valence-electron chi connectivity index (χ4n) is 2.36. The molecule has 1 aliphatic rings. The number of carbonyl (C=O) groups excluding carboxylic acids is 1. The molecule has 0 unspecified atom stereocenters. The number of ether oxygens (including phenoxy) is 1. The van der Waals surface area contributed by atoms with Gasteiger partial charge in [0.2, 0.25) is 0 Å². The van der Waals surface area contributed by atoms with E-state index in [9.17, 15) is 9.18 Å². The molecule has 22 heavy (non-hydrogen) atoms. The van der Waals surface area contributed by atoms with Crippen LogP contribution in [0.15, 0.2) is 24.8 Å². The van der Waals surface area contributed by atoms with E-state index in [0.717, 1.165) is 5.56 Å². The van der Waals surface area contributed by atoms with E-state index in [1.54, 1.807) is 17.0 Å². The fraction of sp³-hybridized carbons (Fsp3) is 0.471. The first-order chi connectivity index (χ1) is 10.3. The molecular weight excluding hydrogens is 283 g/mol. The van der Waals surface area contributed by atoms with Gasteiger partial charge >= 0.3 is 6.09 Å². The monoisotopic (exact) mass is 306 g/mol. The molecule has 0 N–H and O–H groups in total. The van der Waals surface area contributed by atoms with E-state index in [1.807, 2.05) is 31.7 Å². The second-order valence-electron chi connectivity index (χ2n) is 6.37. The van der Waals surface area contributed by atoms with Crippen molar-refractivity contribution in [2.24, 2.45) is 0 Å². The molecule has 0 aromatic heterocycles. The van der Waals surface area contributed by atoms with Crippen molar-refractivity contribution in [2.45, 2.75) is 26.4 Å². The first kappa shape index (κ1) is 16.3. The maximum atomic E-state index is 14.1. The van der Waals surface area contributed by atoms with Crippen molar-refractivity contribution >= 4 is 17.9 Å². The van der Waals surface area contributed by atoms with Gasteiger partial charge in [0, 0.05) is 26.2 Å². The number of halogens is 1. The number of hydrogen-bond donors (Lipinski definition) is 0. The van der Waals surface area contributed by atoms with Crippen LogP contribution >= 0.6 is 0 Å². The second kappa shape index (κ2) is 6.38. The van der Waals surface area contributed by atoms with Crippen LogP contribution in [0.3, 0.4) is 0 Å². The summed E-state index contributed by atoms with van der Waals surface area (Å²) in [5.41, 5.74) is 0.823. The van der Waals surface area contributed by atoms with Gasteiger partial charge < -0.3 is 14.5 Å². The lowest BCUT2D eigenvalue weighted by Crippen LogP contribution is -2.50. The molecule has 1 heterocycles. The third-order valence-electron chi connectivity index (χ3n) is 3.48. The Kier molecular flexibility index (Phi) is 4.74. The maximum absolute atomic E-state index is 14.1. The van der Waals surface area contributed by atoms with Gasteiger partial charge in [0.15, 0.2) is 0 Å². The minimum Gasteiger partial charge on any atom is -0.444 e. The standard InChI is InChI=1S/C17H23FN2O2/c1-5-13-6-7-15(14(18)12-13)19-8-10-20(11-9-19)16(21)22-17(2,3)4/h5-7,12H,1,8-11H2,2-4H3. The zero-order valence-corrected chi connectivity index (χ0v) is 13.4. The van der Waals surface area contributed by atoms with E-state index < -0.39 is 5.60 Å². The van der Waals surface area contributed by atoms with Gasteiger partial charge in [-0.15, -0.1) is 0 Å². The number of amides is 1. The van der Waals surface area contributed by atoms with Crippen molar-refractivity contribution in [1.82, 2.24) is 4.90 Å². The summed E-state index contributed by atoms with van der Waals surface area (Å²) in [5.74, 6) is -0.261. The minimum atomic E-state index is -0.499. The van der Waals surface area contributed by atoms with Crippen molar-refractivity contribution in [2.75, 3.05) is 31.1 Å². The van der Waals surface area contributed by atoms with Crippen molar-refractivity contribution in [3.63, 3.8) is 0 Å². The predicted molar refractivity (Wildman–Crippen MR) is 86.5 cm³/mol. The molecule has 1 aromatic rings. The third kappa shape index (κ3) is 4.00. The van der Waals surface area contributed by atoms with E-state index >= 15 is 0 Å². The van der Waals surface area contributed by atoms with Crippen LogP contribution < -0.4 is 4.90 Å². The number of hydrogen-bond acceptors (Lipinski definition) is 3. The number of piperazine rings is 1. The second-order valence-corrected chi connectivity index (χ2v) is 6.37. The largest absolute Gasteiger partial charge is 0.444 e. The molecule has 0 saturated carbocycles. The van der Waals surface area contributed by atoms with E-state index in [1.165, 1.54) is 6.07 Å². The van der Waals surface area contributed by atoms with Crippen LogP contribution in [0.5, 0.6) is 0 Å². The van der Waals surface area contributed by atoms with Gasteiger partial charge in [0.25, 0.3) is 0 Å². The molecule has 5 heteroatoms. The Morgan fingerprint density at radius 1 is 1.27 bits per heavy atom.